The van der Waals surface area contributed by atoms with Gasteiger partial charge in [0.15, 0.2) is 0 Å². The van der Waals surface area contributed by atoms with E-state index in [1.54, 1.807) is 0 Å². The van der Waals surface area contributed by atoms with Gasteiger partial charge >= 0.3 is 0 Å². The predicted octanol–water partition coefficient (Wildman–Crippen LogP) is 4.88. The minimum absolute atomic E-state index is 0.492. The van der Waals surface area contributed by atoms with Crippen molar-refractivity contribution in [2.45, 2.75) is 65.3 Å². The van der Waals surface area contributed by atoms with E-state index in [0.29, 0.717) is 5.41 Å². The Labute approximate surface area is 122 Å². The van der Waals surface area contributed by atoms with Gasteiger partial charge in [-0.25, -0.2) is 0 Å². The lowest BCUT2D eigenvalue weighted by molar-refractivity contribution is 0.213. The smallest absolute Gasteiger partial charge is 0.00673 e. The van der Waals surface area contributed by atoms with E-state index >= 15 is 0 Å². The zero-order chi connectivity index (χ0) is 13.7. The largest absolute Gasteiger partial charge is 0.314 e. The molecule has 0 spiro atoms. The molecule has 0 aromatic carbocycles. The molecule has 2 rings (SSSR count). The molecule has 1 aromatic heterocycles. The molecular weight excluding hydrogens is 250 g/mol. The van der Waals surface area contributed by atoms with Crippen molar-refractivity contribution < 1.29 is 0 Å². The zero-order valence-corrected chi connectivity index (χ0v) is 13.6. The van der Waals surface area contributed by atoms with Gasteiger partial charge in [-0.2, -0.15) is 0 Å². The molecule has 1 heterocycles. The average Bonchev–Trinajstić information content (AvgIpc) is 2.72. The molecule has 1 saturated carbocycles. The van der Waals surface area contributed by atoms with E-state index in [1.165, 1.54) is 43.4 Å². The topological polar surface area (TPSA) is 12.0 Å². The van der Waals surface area contributed by atoms with Crippen molar-refractivity contribution in [1.82, 2.24) is 5.32 Å². The van der Waals surface area contributed by atoms with Crippen LogP contribution in [0.2, 0.25) is 0 Å². The fourth-order valence-electron chi connectivity index (χ4n) is 3.23. The summed E-state index contributed by atoms with van der Waals surface area (Å²) >= 11 is 1.88. The van der Waals surface area contributed by atoms with Gasteiger partial charge in [0.25, 0.3) is 0 Å². The normalized spacial score (nSPS) is 25.2. The van der Waals surface area contributed by atoms with E-state index in [0.717, 1.165) is 18.5 Å². The van der Waals surface area contributed by atoms with E-state index in [-0.39, 0.29) is 0 Å². The summed E-state index contributed by atoms with van der Waals surface area (Å²) in [5, 5.41) is 5.95. The highest BCUT2D eigenvalue weighted by atomic mass is 32.1. The average molecular weight is 279 g/mol. The van der Waals surface area contributed by atoms with Crippen molar-refractivity contribution in [2.75, 3.05) is 6.54 Å². The molecule has 0 bridgehead atoms. The Hall–Kier alpha value is -0.340. The van der Waals surface area contributed by atoms with Crippen LogP contribution in [0.15, 0.2) is 17.5 Å². The number of hydrogen-bond donors (Lipinski definition) is 1. The van der Waals surface area contributed by atoms with Gasteiger partial charge in [-0.1, -0.05) is 33.3 Å². The molecule has 2 heteroatoms. The third-order valence-corrected chi connectivity index (χ3v) is 5.51. The Bertz CT molecular complexity index is 350. The van der Waals surface area contributed by atoms with Gasteiger partial charge in [-0.15, -0.1) is 11.3 Å². The van der Waals surface area contributed by atoms with Gasteiger partial charge in [0.2, 0.25) is 0 Å². The van der Waals surface area contributed by atoms with Crippen LogP contribution in [0.1, 0.15) is 57.8 Å². The molecule has 2 atom stereocenters. The van der Waals surface area contributed by atoms with E-state index in [4.69, 9.17) is 0 Å². The first-order valence-electron chi connectivity index (χ1n) is 7.81. The monoisotopic (exact) mass is 279 g/mol. The van der Waals surface area contributed by atoms with Crippen LogP contribution in [0, 0.1) is 11.3 Å². The van der Waals surface area contributed by atoms with Crippen LogP contribution in [0.4, 0.5) is 0 Å². The molecule has 1 aromatic rings. The van der Waals surface area contributed by atoms with Crippen molar-refractivity contribution in [2.24, 2.45) is 11.3 Å². The summed E-state index contributed by atoms with van der Waals surface area (Å²) in [6, 6.07) is 5.15. The van der Waals surface area contributed by atoms with Gasteiger partial charge in [0.05, 0.1) is 0 Å². The quantitative estimate of drug-likeness (QED) is 0.775. The fraction of sp³-hybridized carbons (Fsp3) is 0.765. The summed E-state index contributed by atoms with van der Waals surface area (Å²) in [6.07, 6.45) is 8.16. The van der Waals surface area contributed by atoms with Crippen LogP contribution >= 0.6 is 11.3 Å². The molecule has 108 valence electrons. The first-order chi connectivity index (χ1) is 9.05. The van der Waals surface area contributed by atoms with E-state index in [2.05, 4.69) is 43.6 Å². The van der Waals surface area contributed by atoms with Gasteiger partial charge in [0, 0.05) is 17.5 Å². The molecule has 0 aliphatic heterocycles. The van der Waals surface area contributed by atoms with Crippen LogP contribution in [-0.4, -0.2) is 12.6 Å². The SMILES string of the molecule is CC(C)(C)C1CCCC(NCCc2cccs2)CC1. The van der Waals surface area contributed by atoms with Crippen molar-refractivity contribution in [1.29, 1.82) is 0 Å². The Morgan fingerprint density at radius 2 is 2.05 bits per heavy atom. The molecule has 19 heavy (non-hydrogen) atoms. The van der Waals surface area contributed by atoms with Crippen molar-refractivity contribution in [3.05, 3.63) is 22.4 Å². The van der Waals surface area contributed by atoms with Crippen LogP contribution < -0.4 is 5.32 Å². The second kappa shape index (κ2) is 6.90. The third kappa shape index (κ3) is 4.92. The number of rotatable bonds is 4. The summed E-state index contributed by atoms with van der Waals surface area (Å²) in [7, 11) is 0. The number of nitrogens with one attached hydrogen (secondary N) is 1. The Morgan fingerprint density at radius 3 is 2.74 bits per heavy atom. The number of thiophene rings is 1. The lowest BCUT2D eigenvalue weighted by atomic mass is 9.76. The van der Waals surface area contributed by atoms with Crippen LogP contribution in [0.25, 0.3) is 0 Å². The highest BCUT2D eigenvalue weighted by Crippen LogP contribution is 2.36. The molecule has 1 aliphatic rings. The summed E-state index contributed by atoms with van der Waals surface area (Å²) < 4.78 is 0. The molecule has 1 fully saturated rings. The number of hydrogen-bond acceptors (Lipinski definition) is 2. The maximum atomic E-state index is 3.78. The third-order valence-electron chi connectivity index (χ3n) is 4.58. The summed E-state index contributed by atoms with van der Waals surface area (Å²) in [5.74, 6) is 0.914. The molecular formula is C17H29NS. The minimum Gasteiger partial charge on any atom is -0.314 e. The molecule has 2 unspecified atom stereocenters. The van der Waals surface area contributed by atoms with Crippen LogP contribution in [0.3, 0.4) is 0 Å². The lowest BCUT2D eigenvalue weighted by Gasteiger charge is -2.29. The van der Waals surface area contributed by atoms with Crippen LogP contribution in [-0.2, 0) is 6.42 Å². The van der Waals surface area contributed by atoms with Crippen LogP contribution in [0.5, 0.6) is 0 Å². The summed E-state index contributed by atoms with van der Waals surface area (Å²) in [6.45, 7) is 8.36. The van der Waals surface area contributed by atoms with Crippen molar-refractivity contribution >= 4 is 11.3 Å². The second-order valence-electron chi connectivity index (χ2n) is 7.05. The molecule has 0 radical (unpaired) electrons. The minimum atomic E-state index is 0.492. The highest BCUT2D eigenvalue weighted by molar-refractivity contribution is 7.09. The Morgan fingerprint density at radius 1 is 1.21 bits per heavy atom. The lowest BCUT2D eigenvalue weighted by Crippen LogP contribution is -2.30. The maximum Gasteiger partial charge on any atom is 0.00673 e. The van der Waals surface area contributed by atoms with Gasteiger partial charge < -0.3 is 5.32 Å². The zero-order valence-electron chi connectivity index (χ0n) is 12.7. The molecule has 1 N–H and O–H groups in total. The van der Waals surface area contributed by atoms with Crippen molar-refractivity contribution in [3.63, 3.8) is 0 Å². The molecule has 1 nitrogen and oxygen atoms in total. The first kappa shape index (κ1) is 15.1. The van der Waals surface area contributed by atoms with E-state index in [1.807, 2.05) is 11.3 Å². The van der Waals surface area contributed by atoms with Crippen molar-refractivity contribution in [3.8, 4) is 0 Å². The maximum absolute atomic E-state index is 3.78. The highest BCUT2D eigenvalue weighted by Gasteiger charge is 2.27. The Balaban J connectivity index is 1.71. The second-order valence-corrected chi connectivity index (χ2v) is 8.08. The van der Waals surface area contributed by atoms with Gasteiger partial charge in [0.1, 0.15) is 0 Å². The summed E-state index contributed by atoms with van der Waals surface area (Å²) in [5.41, 5.74) is 0.492. The van der Waals surface area contributed by atoms with E-state index < -0.39 is 0 Å². The molecule has 1 aliphatic carbocycles. The predicted molar refractivity (Wildman–Crippen MR) is 85.8 cm³/mol. The molecule has 0 saturated heterocycles. The van der Waals surface area contributed by atoms with Gasteiger partial charge in [-0.05, 0) is 54.9 Å². The fourth-order valence-corrected chi connectivity index (χ4v) is 3.94. The Kier molecular flexibility index (Phi) is 5.47. The first-order valence-corrected chi connectivity index (χ1v) is 8.69. The van der Waals surface area contributed by atoms with E-state index in [9.17, 15) is 0 Å². The summed E-state index contributed by atoms with van der Waals surface area (Å²) in [4.78, 5) is 1.51. The standard InChI is InChI=1S/C17H29NS/c1-17(2,3)14-6-4-7-15(10-9-14)18-12-11-16-8-5-13-19-16/h5,8,13-15,18H,4,6-7,9-12H2,1-3H3. The molecule has 0 amide bonds. The van der Waals surface area contributed by atoms with Gasteiger partial charge in [-0.3, -0.25) is 0 Å².